The molecule has 0 radical (unpaired) electrons. The molecule has 0 spiro atoms. The highest BCUT2D eigenvalue weighted by Crippen LogP contribution is 2.29. The molecular formula is C19H18Cl2FN7O. The number of nitrogens with two attached hydrogens (primary N) is 1. The van der Waals surface area contributed by atoms with Gasteiger partial charge in [-0.3, -0.25) is 9.69 Å². The number of aromatic nitrogens is 3. The Balaban J connectivity index is 1.63. The van der Waals surface area contributed by atoms with Gasteiger partial charge in [-0.15, -0.1) is 0 Å². The molecule has 0 saturated carbocycles. The standard InChI is InChI=1S/C19H18Cl2FN7O/c1-29(10-16(30)27-17-13(20)3-2-4-14(17)21)9-15-25-18(23)28-19(26-15)24-12-7-5-11(22)6-8-12/h2-8H,9-10H2,1H3,(H,27,30)(H3,23,24,25,26,28). The van der Waals surface area contributed by atoms with Crippen molar-refractivity contribution in [3.63, 3.8) is 0 Å². The SMILES string of the molecule is CN(CC(=O)Nc1c(Cl)cccc1Cl)Cc1nc(N)nc(Nc2ccc(F)cc2)n1. The van der Waals surface area contributed by atoms with E-state index < -0.39 is 0 Å². The van der Waals surface area contributed by atoms with Gasteiger partial charge in [-0.2, -0.15) is 15.0 Å². The molecule has 3 aromatic rings. The van der Waals surface area contributed by atoms with Gasteiger partial charge in [0.15, 0.2) is 0 Å². The van der Waals surface area contributed by atoms with Crippen molar-refractivity contribution in [3.8, 4) is 0 Å². The van der Waals surface area contributed by atoms with E-state index in [9.17, 15) is 9.18 Å². The van der Waals surface area contributed by atoms with E-state index in [4.69, 9.17) is 28.9 Å². The Morgan fingerprint density at radius 2 is 1.77 bits per heavy atom. The lowest BCUT2D eigenvalue weighted by atomic mass is 10.3. The van der Waals surface area contributed by atoms with Gasteiger partial charge in [-0.1, -0.05) is 29.3 Å². The van der Waals surface area contributed by atoms with E-state index >= 15 is 0 Å². The molecule has 0 atom stereocenters. The highest BCUT2D eigenvalue weighted by atomic mass is 35.5. The molecule has 1 aromatic heterocycles. The van der Waals surface area contributed by atoms with Crippen LogP contribution in [0.1, 0.15) is 5.82 Å². The molecule has 1 heterocycles. The molecule has 0 fully saturated rings. The van der Waals surface area contributed by atoms with Gasteiger partial charge in [0.05, 0.1) is 28.8 Å². The summed E-state index contributed by atoms with van der Waals surface area (Å²) in [5, 5.41) is 6.32. The van der Waals surface area contributed by atoms with E-state index in [1.807, 2.05) is 0 Å². The summed E-state index contributed by atoms with van der Waals surface area (Å²) in [5.41, 5.74) is 6.71. The third kappa shape index (κ3) is 5.99. The molecule has 1 amide bonds. The lowest BCUT2D eigenvalue weighted by molar-refractivity contribution is -0.117. The number of amides is 1. The molecule has 11 heteroatoms. The summed E-state index contributed by atoms with van der Waals surface area (Å²) in [6.45, 7) is 0.266. The van der Waals surface area contributed by atoms with Crippen LogP contribution >= 0.6 is 23.2 Å². The zero-order valence-electron chi connectivity index (χ0n) is 15.9. The average Bonchev–Trinajstić information content (AvgIpc) is 2.66. The Kier molecular flexibility index (Phi) is 6.99. The summed E-state index contributed by atoms with van der Waals surface area (Å²) in [7, 11) is 1.72. The lowest BCUT2D eigenvalue weighted by Gasteiger charge is -2.16. The number of nitrogen functional groups attached to an aromatic ring is 1. The van der Waals surface area contributed by atoms with E-state index in [2.05, 4.69) is 25.6 Å². The second-order valence-electron chi connectivity index (χ2n) is 6.38. The van der Waals surface area contributed by atoms with Crippen LogP contribution in [0.2, 0.25) is 10.0 Å². The van der Waals surface area contributed by atoms with Crippen molar-refractivity contribution in [1.29, 1.82) is 0 Å². The number of carbonyl (C=O) groups is 1. The van der Waals surface area contributed by atoms with Crippen LogP contribution in [0.15, 0.2) is 42.5 Å². The number of nitrogens with zero attached hydrogens (tertiary/aromatic N) is 4. The third-order valence-corrected chi connectivity index (χ3v) is 4.48. The topological polar surface area (TPSA) is 109 Å². The molecule has 4 N–H and O–H groups in total. The van der Waals surface area contributed by atoms with Crippen LogP contribution < -0.4 is 16.4 Å². The van der Waals surface area contributed by atoms with Crippen molar-refractivity contribution in [1.82, 2.24) is 19.9 Å². The van der Waals surface area contributed by atoms with Crippen molar-refractivity contribution >= 4 is 52.4 Å². The minimum Gasteiger partial charge on any atom is -0.368 e. The highest BCUT2D eigenvalue weighted by molar-refractivity contribution is 6.39. The number of hydrogen-bond donors (Lipinski definition) is 3. The number of anilines is 4. The normalized spacial score (nSPS) is 10.8. The fraction of sp³-hybridized carbons (Fsp3) is 0.158. The van der Waals surface area contributed by atoms with Crippen LogP contribution in [-0.2, 0) is 11.3 Å². The third-order valence-electron chi connectivity index (χ3n) is 3.85. The van der Waals surface area contributed by atoms with Gasteiger partial charge in [0.2, 0.25) is 17.8 Å². The summed E-state index contributed by atoms with van der Waals surface area (Å²) in [5.74, 6) is -0.0677. The van der Waals surface area contributed by atoms with Crippen molar-refractivity contribution in [2.75, 3.05) is 30.0 Å². The van der Waals surface area contributed by atoms with E-state index in [1.54, 1.807) is 42.3 Å². The van der Waals surface area contributed by atoms with Gasteiger partial charge in [-0.25, -0.2) is 4.39 Å². The Bertz CT molecular complexity index is 1030. The monoisotopic (exact) mass is 449 g/mol. The molecule has 156 valence electrons. The summed E-state index contributed by atoms with van der Waals surface area (Å²) in [6, 6.07) is 10.7. The van der Waals surface area contributed by atoms with Crippen LogP contribution in [0.3, 0.4) is 0 Å². The van der Waals surface area contributed by atoms with Crippen molar-refractivity contribution in [2.45, 2.75) is 6.54 Å². The van der Waals surface area contributed by atoms with E-state index in [0.29, 0.717) is 27.2 Å². The molecule has 2 aromatic carbocycles. The van der Waals surface area contributed by atoms with Crippen LogP contribution in [0, 0.1) is 5.82 Å². The maximum Gasteiger partial charge on any atom is 0.238 e. The molecule has 0 aliphatic carbocycles. The predicted molar refractivity (Wildman–Crippen MR) is 115 cm³/mol. The number of rotatable bonds is 7. The van der Waals surface area contributed by atoms with E-state index in [1.165, 1.54) is 12.1 Å². The maximum atomic E-state index is 13.0. The number of carbonyl (C=O) groups excluding carboxylic acids is 1. The number of halogens is 3. The zero-order chi connectivity index (χ0) is 21.7. The number of nitrogens with one attached hydrogen (secondary N) is 2. The number of para-hydroxylation sites is 1. The van der Waals surface area contributed by atoms with E-state index in [-0.39, 0.29) is 36.7 Å². The Morgan fingerprint density at radius 3 is 2.43 bits per heavy atom. The van der Waals surface area contributed by atoms with Crippen molar-refractivity contribution in [3.05, 3.63) is 64.2 Å². The minimum atomic E-state index is -0.352. The first-order valence-electron chi connectivity index (χ1n) is 8.75. The maximum absolute atomic E-state index is 13.0. The van der Waals surface area contributed by atoms with Crippen molar-refractivity contribution < 1.29 is 9.18 Å². The quantitative estimate of drug-likeness (QED) is 0.504. The molecule has 3 rings (SSSR count). The van der Waals surface area contributed by atoms with Crippen LogP contribution in [0.4, 0.5) is 27.7 Å². The fourth-order valence-electron chi connectivity index (χ4n) is 2.57. The second kappa shape index (κ2) is 9.66. The first-order valence-corrected chi connectivity index (χ1v) is 9.51. The van der Waals surface area contributed by atoms with Crippen LogP contribution in [-0.4, -0.2) is 39.4 Å². The van der Waals surface area contributed by atoms with Crippen LogP contribution in [0.5, 0.6) is 0 Å². The molecule has 0 saturated heterocycles. The van der Waals surface area contributed by atoms with Crippen LogP contribution in [0.25, 0.3) is 0 Å². The Labute approximate surface area is 182 Å². The number of benzene rings is 2. The predicted octanol–water partition coefficient (Wildman–Crippen LogP) is 3.71. The van der Waals surface area contributed by atoms with Gasteiger partial charge in [0.1, 0.15) is 11.6 Å². The molecule has 0 bridgehead atoms. The smallest absolute Gasteiger partial charge is 0.238 e. The first-order chi connectivity index (χ1) is 14.3. The molecule has 8 nitrogen and oxygen atoms in total. The van der Waals surface area contributed by atoms with E-state index in [0.717, 1.165) is 0 Å². The lowest BCUT2D eigenvalue weighted by Crippen LogP contribution is -2.30. The highest BCUT2D eigenvalue weighted by Gasteiger charge is 2.14. The molecule has 0 aliphatic rings. The minimum absolute atomic E-state index is 0.0188. The molecule has 0 unspecified atom stereocenters. The van der Waals surface area contributed by atoms with Gasteiger partial charge in [0, 0.05) is 5.69 Å². The van der Waals surface area contributed by atoms with Gasteiger partial charge >= 0.3 is 0 Å². The van der Waals surface area contributed by atoms with Gasteiger partial charge < -0.3 is 16.4 Å². The largest absolute Gasteiger partial charge is 0.368 e. The Morgan fingerprint density at radius 1 is 1.10 bits per heavy atom. The first kappa shape index (κ1) is 21.7. The average molecular weight is 450 g/mol. The Hall–Kier alpha value is -3.01. The summed E-state index contributed by atoms with van der Waals surface area (Å²) in [6.07, 6.45) is 0. The zero-order valence-corrected chi connectivity index (χ0v) is 17.4. The van der Waals surface area contributed by atoms with Gasteiger partial charge in [-0.05, 0) is 43.4 Å². The summed E-state index contributed by atoms with van der Waals surface area (Å²) in [4.78, 5) is 26.4. The number of hydrogen-bond acceptors (Lipinski definition) is 7. The van der Waals surface area contributed by atoms with Gasteiger partial charge in [0.25, 0.3) is 0 Å². The number of likely N-dealkylation sites (N-methyl/N-ethyl adjacent to an activating group) is 1. The molecule has 0 aliphatic heterocycles. The second-order valence-corrected chi connectivity index (χ2v) is 7.20. The fourth-order valence-corrected chi connectivity index (χ4v) is 3.06. The summed E-state index contributed by atoms with van der Waals surface area (Å²) >= 11 is 12.1. The molecule has 30 heavy (non-hydrogen) atoms. The van der Waals surface area contributed by atoms with Crippen molar-refractivity contribution in [2.24, 2.45) is 0 Å². The molecular weight excluding hydrogens is 432 g/mol. The summed E-state index contributed by atoms with van der Waals surface area (Å²) < 4.78 is 13.0.